The number of hydrogen-bond donors (Lipinski definition) is 1. The van der Waals surface area contributed by atoms with Gasteiger partial charge in [-0.3, -0.25) is 4.79 Å². The van der Waals surface area contributed by atoms with Gasteiger partial charge in [-0.2, -0.15) is 0 Å². The minimum absolute atomic E-state index is 0.119. The van der Waals surface area contributed by atoms with Crippen LogP contribution in [0.1, 0.15) is 31.7 Å². The van der Waals surface area contributed by atoms with Gasteiger partial charge in [-0.1, -0.05) is 12.1 Å². The minimum atomic E-state index is -0.908. The summed E-state index contributed by atoms with van der Waals surface area (Å²) in [5.74, 6) is -0.254. The lowest BCUT2D eigenvalue weighted by Crippen LogP contribution is -2.48. The molecule has 5 heteroatoms. The van der Waals surface area contributed by atoms with E-state index in [2.05, 4.69) is 0 Å². The first-order valence-corrected chi connectivity index (χ1v) is 7.36. The summed E-state index contributed by atoms with van der Waals surface area (Å²) >= 11 is 0. The lowest BCUT2D eigenvalue weighted by atomic mass is 10.0. The summed E-state index contributed by atoms with van der Waals surface area (Å²) in [5.41, 5.74) is 0.873. The monoisotopic (exact) mass is 291 g/mol. The van der Waals surface area contributed by atoms with Crippen LogP contribution < -0.4 is 4.74 Å². The predicted molar refractivity (Wildman–Crippen MR) is 78.3 cm³/mol. The molecule has 1 aliphatic heterocycles. The summed E-state index contributed by atoms with van der Waals surface area (Å²) < 4.78 is 5.36. The molecule has 0 aliphatic carbocycles. The summed E-state index contributed by atoms with van der Waals surface area (Å²) in [7, 11) is 0. The van der Waals surface area contributed by atoms with Gasteiger partial charge in [0.05, 0.1) is 13.0 Å². The van der Waals surface area contributed by atoms with Crippen LogP contribution in [-0.4, -0.2) is 41.1 Å². The van der Waals surface area contributed by atoms with E-state index in [4.69, 9.17) is 4.74 Å². The van der Waals surface area contributed by atoms with Gasteiger partial charge < -0.3 is 14.7 Å². The topological polar surface area (TPSA) is 66.8 Å². The highest BCUT2D eigenvalue weighted by Gasteiger charge is 2.31. The predicted octanol–water partition coefficient (Wildman–Crippen LogP) is 2.09. The van der Waals surface area contributed by atoms with Gasteiger partial charge in [-0.25, -0.2) is 4.79 Å². The number of benzene rings is 1. The number of carboxylic acid groups (broad SMARTS) is 1. The van der Waals surface area contributed by atoms with E-state index in [1.54, 1.807) is 0 Å². The number of carbonyl (C=O) groups is 2. The third-order valence-electron chi connectivity index (χ3n) is 3.70. The fraction of sp³-hybridized carbons (Fsp3) is 0.500. The van der Waals surface area contributed by atoms with Crippen molar-refractivity contribution in [2.45, 2.75) is 38.6 Å². The van der Waals surface area contributed by atoms with Crippen LogP contribution in [0.25, 0.3) is 0 Å². The molecule has 0 saturated carbocycles. The fourth-order valence-corrected chi connectivity index (χ4v) is 2.63. The highest BCUT2D eigenvalue weighted by molar-refractivity contribution is 5.85. The molecule has 1 heterocycles. The van der Waals surface area contributed by atoms with E-state index < -0.39 is 12.0 Å². The lowest BCUT2D eigenvalue weighted by molar-refractivity contribution is -0.151. The Morgan fingerprint density at radius 2 is 2.00 bits per heavy atom. The van der Waals surface area contributed by atoms with Crippen molar-refractivity contribution in [1.29, 1.82) is 0 Å². The number of amides is 1. The van der Waals surface area contributed by atoms with Crippen LogP contribution >= 0.6 is 0 Å². The normalized spacial score (nSPS) is 18.3. The van der Waals surface area contributed by atoms with Crippen molar-refractivity contribution in [3.05, 3.63) is 29.8 Å². The number of aliphatic carboxylic acids is 1. The molecule has 0 bridgehead atoms. The number of piperidine rings is 1. The van der Waals surface area contributed by atoms with Crippen molar-refractivity contribution in [2.24, 2.45) is 0 Å². The first kappa shape index (κ1) is 15.4. The zero-order valence-corrected chi connectivity index (χ0v) is 12.2. The van der Waals surface area contributed by atoms with E-state index in [0.29, 0.717) is 19.6 Å². The van der Waals surface area contributed by atoms with E-state index >= 15 is 0 Å². The maximum Gasteiger partial charge on any atom is 0.326 e. The second-order valence-electron chi connectivity index (χ2n) is 5.19. The molecular weight excluding hydrogens is 270 g/mol. The third kappa shape index (κ3) is 3.97. The number of ether oxygens (including phenoxy) is 1. The van der Waals surface area contributed by atoms with Crippen molar-refractivity contribution in [3.8, 4) is 5.75 Å². The molecule has 1 unspecified atom stereocenters. The summed E-state index contributed by atoms with van der Waals surface area (Å²) in [5, 5.41) is 9.21. The van der Waals surface area contributed by atoms with Gasteiger partial charge in [0.2, 0.25) is 5.91 Å². The number of carbonyl (C=O) groups excluding carboxylic acids is 1. The number of carboxylic acids is 1. The Hall–Kier alpha value is -2.04. The van der Waals surface area contributed by atoms with Gasteiger partial charge >= 0.3 is 5.97 Å². The number of rotatable bonds is 5. The van der Waals surface area contributed by atoms with Crippen LogP contribution in [0.3, 0.4) is 0 Å². The second kappa shape index (κ2) is 7.11. The molecule has 1 amide bonds. The Morgan fingerprint density at radius 3 is 2.62 bits per heavy atom. The van der Waals surface area contributed by atoms with Gasteiger partial charge in [0, 0.05) is 6.54 Å². The Balaban J connectivity index is 2.00. The molecule has 1 N–H and O–H groups in total. The molecular formula is C16H21NO4. The van der Waals surface area contributed by atoms with Gasteiger partial charge in [0.25, 0.3) is 0 Å². The maximum absolute atomic E-state index is 12.3. The number of nitrogens with zero attached hydrogens (tertiary/aromatic N) is 1. The Morgan fingerprint density at radius 1 is 1.29 bits per heavy atom. The van der Waals surface area contributed by atoms with Crippen LogP contribution in [-0.2, 0) is 16.0 Å². The zero-order chi connectivity index (χ0) is 15.2. The van der Waals surface area contributed by atoms with E-state index in [0.717, 1.165) is 24.2 Å². The van der Waals surface area contributed by atoms with Crippen LogP contribution in [0, 0.1) is 0 Å². The van der Waals surface area contributed by atoms with E-state index in [-0.39, 0.29) is 12.3 Å². The first-order chi connectivity index (χ1) is 10.1. The van der Waals surface area contributed by atoms with Crippen molar-refractivity contribution >= 4 is 11.9 Å². The van der Waals surface area contributed by atoms with Crippen LogP contribution in [0.5, 0.6) is 5.75 Å². The second-order valence-corrected chi connectivity index (χ2v) is 5.19. The average Bonchev–Trinajstić information content (AvgIpc) is 2.49. The highest BCUT2D eigenvalue weighted by Crippen LogP contribution is 2.19. The van der Waals surface area contributed by atoms with Crippen molar-refractivity contribution in [3.63, 3.8) is 0 Å². The zero-order valence-electron chi connectivity index (χ0n) is 12.2. The van der Waals surface area contributed by atoms with E-state index in [9.17, 15) is 14.7 Å². The molecule has 0 radical (unpaired) electrons. The Kier molecular flexibility index (Phi) is 5.20. The molecule has 1 aromatic rings. The average molecular weight is 291 g/mol. The van der Waals surface area contributed by atoms with Crippen LogP contribution in [0.2, 0.25) is 0 Å². The Labute approximate surface area is 124 Å². The number of likely N-dealkylation sites (tertiary alicyclic amines) is 1. The number of hydrogen-bond acceptors (Lipinski definition) is 3. The fourth-order valence-electron chi connectivity index (χ4n) is 2.63. The SMILES string of the molecule is CCOc1ccc(CC(=O)N2CCCCC2C(=O)O)cc1. The van der Waals surface area contributed by atoms with Gasteiger partial charge in [0.1, 0.15) is 11.8 Å². The minimum Gasteiger partial charge on any atom is -0.494 e. The smallest absolute Gasteiger partial charge is 0.326 e. The molecule has 114 valence electrons. The van der Waals surface area contributed by atoms with Crippen molar-refractivity contribution in [1.82, 2.24) is 4.90 Å². The first-order valence-electron chi connectivity index (χ1n) is 7.36. The summed E-state index contributed by atoms with van der Waals surface area (Å²) in [6.45, 7) is 3.05. The van der Waals surface area contributed by atoms with E-state index in [1.807, 2.05) is 31.2 Å². The third-order valence-corrected chi connectivity index (χ3v) is 3.70. The standard InChI is InChI=1S/C16H21NO4/c1-2-21-13-8-6-12(7-9-13)11-15(18)17-10-4-3-5-14(17)16(19)20/h6-9,14H,2-5,10-11H2,1H3,(H,19,20). The van der Waals surface area contributed by atoms with E-state index in [1.165, 1.54) is 4.90 Å². The molecule has 1 atom stereocenters. The molecule has 1 saturated heterocycles. The molecule has 1 fully saturated rings. The largest absolute Gasteiger partial charge is 0.494 e. The molecule has 0 aromatic heterocycles. The van der Waals surface area contributed by atoms with Gasteiger partial charge in [-0.05, 0) is 43.9 Å². The molecule has 2 rings (SSSR count). The van der Waals surface area contributed by atoms with Crippen LogP contribution in [0.15, 0.2) is 24.3 Å². The molecule has 5 nitrogen and oxygen atoms in total. The Bertz CT molecular complexity index is 498. The maximum atomic E-state index is 12.3. The van der Waals surface area contributed by atoms with Gasteiger partial charge in [0.15, 0.2) is 0 Å². The highest BCUT2D eigenvalue weighted by atomic mass is 16.5. The van der Waals surface area contributed by atoms with Crippen LogP contribution in [0.4, 0.5) is 0 Å². The summed E-state index contributed by atoms with van der Waals surface area (Å²) in [6, 6.07) is 6.69. The lowest BCUT2D eigenvalue weighted by Gasteiger charge is -2.33. The van der Waals surface area contributed by atoms with Crippen molar-refractivity contribution < 1.29 is 19.4 Å². The van der Waals surface area contributed by atoms with Gasteiger partial charge in [-0.15, -0.1) is 0 Å². The molecule has 1 aromatic carbocycles. The summed E-state index contributed by atoms with van der Waals surface area (Å²) in [4.78, 5) is 25.1. The molecule has 1 aliphatic rings. The summed E-state index contributed by atoms with van der Waals surface area (Å²) in [6.07, 6.45) is 2.52. The molecule has 0 spiro atoms. The molecule has 21 heavy (non-hydrogen) atoms. The van der Waals surface area contributed by atoms with Crippen molar-refractivity contribution in [2.75, 3.05) is 13.2 Å². The quantitative estimate of drug-likeness (QED) is 0.902.